The molecule has 1 aliphatic rings. The van der Waals surface area contributed by atoms with Crippen LogP contribution in [-0.4, -0.2) is 20.3 Å². The van der Waals surface area contributed by atoms with Crippen molar-refractivity contribution in [1.29, 1.82) is 0 Å². The van der Waals surface area contributed by atoms with E-state index in [1.165, 1.54) is 16.7 Å². The van der Waals surface area contributed by atoms with Gasteiger partial charge in [0.05, 0.1) is 18.6 Å². The van der Waals surface area contributed by atoms with Crippen LogP contribution in [0.25, 0.3) is 0 Å². The third kappa shape index (κ3) is 2.02. The van der Waals surface area contributed by atoms with Gasteiger partial charge in [0.25, 0.3) is 0 Å². The van der Waals surface area contributed by atoms with Crippen molar-refractivity contribution in [3.8, 4) is 0 Å². The van der Waals surface area contributed by atoms with E-state index in [0.717, 1.165) is 18.9 Å². The summed E-state index contributed by atoms with van der Waals surface area (Å²) in [5.41, 5.74) is 5.16. The Morgan fingerprint density at radius 3 is 1.84 bits per heavy atom. The monoisotopic (exact) mass is 253 g/mol. The Morgan fingerprint density at radius 2 is 1.42 bits per heavy atom. The first-order valence-corrected chi connectivity index (χ1v) is 6.68. The molecule has 0 aliphatic carbocycles. The lowest BCUT2D eigenvalue weighted by Crippen LogP contribution is -2.47. The standard InChI is InChI=1S/C17H19NO/c1-13-3-5-14(6-4-13)17(11-19-12-17)15-7-9-16(18-2)10-8-15/h3-10,18H,11-12H2,1-2H3. The summed E-state index contributed by atoms with van der Waals surface area (Å²) in [5.74, 6) is 0. The third-order valence-electron chi connectivity index (χ3n) is 4.03. The topological polar surface area (TPSA) is 21.3 Å². The molecule has 1 aliphatic heterocycles. The first kappa shape index (κ1) is 12.2. The molecule has 2 nitrogen and oxygen atoms in total. The molecular formula is C17H19NO. The van der Waals surface area contributed by atoms with Gasteiger partial charge >= 0.3 is 0 Å². The fraction of sp³-hybridized carbons (Fsp3) is 0.294. The number of nitrogens with one attached hydrogen (secondary N) is 1. The molecule has 3 rings (SSSR count). The van der Waals surface area contributed by atoms with Gasteiger partial charge in [0.1, 0.15) is 0 Å². The summed E-state index contributed by atoms with van der Waals surface area (Å²) in [6.45, 7) is 3.67. The number of rotatable bonds is 3. The molecule has 1 fully saturated rings. The number of hydrogen-bond donors (Lipinski definition) is 1. The minimum atomic E-state index is 0.0416. The molecular weight excluding hydrogens is 234 g/mol. The van der Waals surface area contributed by atoms with E-state index in [1.54, 1.807) is 0 Å². The Bertz CT molecular complexity index is 553. The van der Waals surface area contributed by atoms with Gasteiger partial charge in [-0.05, 0) is 30.2 Å². The highest BCUT2D eigenvalue weighted by Crippen LogP contribution is 2.39. The summed E-state index contributed by atoms with van der Waals surface area (Å²) in [7, 11) is 1.94. The Morgan fingerprint density at radius 1 is 0.895 bits per heavy atom. The lowest BCUT2D eigenvalue weighted by Gasteiger charge is -2.42. The summed E-state index contributed by atoms with van der Waals surface area (Å²) in [4.78, 5) is 0. The molecule has 0 amide bonds. The molecule has 2 heteroatoms. The van der Waals surface area contributed by atoms with Crippen LogP contribution in [0.1, 0.15) is 16.7 Å². The van der Waals surface area contributed by atoms with E-state index in [0.29, 0.717) is 0 Å². The minimum Gasteiger partial charge on any atom is -0.388 e. The second kappa shape index (κ2) is 4.71. The fourth-order valence-electron chi connectivity index (χ4n) is 2.63. The molecule has 1 heterocycles. The second-order valence-corrected chi connectivity index (χ2v) is 5.27. The van der Waals surface area contributed by atoms with E-state index in [2.05, 4.69) is 60.8 Å². The van der Waals surface area contributed by atoms with Gasteiger partial charge in [-0.15, -0.1) is 0 Å². The molecule has 1 saturated heterocycles. The zero-order chi connectivity index (χ0) is 13.3. The number of ether oxygens (including phenoxy) is 1. The maximum Gasteiger partial charge on any atom is 0.0669 e. The molecule has 0 saturated carbocycles. The maximum absolute atomic E-state index is 5.52. The number of aryl methyl sites for hydroxylation is 1. The minimum absolute atomic E-state index is 0.0416. The van der Waals surface area contributed by atoms with Crippen molar-refractivity contribution in [2.45, 2.75) is 12.3 Å². The fourth-order valence-corrected chi connectivity index (χ4v) is 2.63. The summed E-state index contributed by atoms with van der Waals surface area (Å²) in [6.07, 6.45) is 0. The SMILES string of the molecule is CNc1ccc(C2(c3ccc(C)cc3)COC2)cc1. The van der Waals surface area contributed by atoms with E-state index in [-0.39, 0.29) is 5.41 Å². The van der Waals surface area contributed by atoms with E-state index < -0.39 is 0 Å². The van der Waals surface area contributed by atoms with E-state index in [4.69, 9.17) is 4.74 Å². The molecule has 1 N–H and O–H groups in total. The molecule has 0 spiro atoms. The molecule has 0 radical (unpaired) electrons. The molecule has 98 valence electrons. The van der Waals surface area contributed by atoms with E-state index in [9.17, 15) is 0 Å². The molecule has 0 bridgehead atoms. The van der Waals surface area contributed by atoms with E-state index >= 15 is 0 Å². The highest BCUT2D eigenvalue weighted by atomic mass is 16.5. The molecule has 2 aromatic rings. The summed E-state index contributed by atoms with van der Waals surface area (Å²) < 4.78 is 5.52. The zero-order valence-corrected chi connectivity index (χ0v) is 11.4. The lowest BCUT2D eigenvalue weighted by molar-refractivity contribution is -0.0379. The summed E-state index contributed by atoms with van der Waals surface area (Å²) >= 11 is 0. The molecule has 0 atom stereocenters. The molecule has 0 unspecified atom stereocenters. The van der Waals surface area contributed by atoms with Crippen LogP contribution < -0.4 is 5.32 Å². The van der Waals surface area contributed by atoms with Crippen LogP contribution in [0, 0.1) is 6.92 Å². The highest BCUT2D eigenvalue weighted by Gasteiger charge is 2.41. The van der Waals surface area contributed by atoms with Crippen LogP contribution in [0.5, 0.6) is 0 Å². The van der Waals surface area contributed by atoms with Gasteiger partial charge in [0, 0.05) is 12.7 Å². The number of benzene rings is 2. The van der Waals surface area contributed by atoms with Crippen LogP contribution in [0.3, 0.4) is 0 Å². The Labute approximate surface area is 114 Å². The second-order valence-electron chi connectivity index (χ2n) is 5.27. The highest BCUT2D eigenvalue weighted by molar-refractivity contribution is 5.49. The van der Waals surface area contributed by atoms with Gasteiger partial charge in [0.15, 0.2) is 0 Å². The normalized spacial score (nSPS) is 16.7. The van der Waals surface area contributed by atoms with E-state index in [1.807, 2.05) is 7.05 Å². The zero-order valence-electron chi connectivity index (χ0n) is 11.4. The van der Waals surface area contributed by atoms with Gasteiger partial charge in [-0.2, -0.15) is 0 Å². The van der Waals surface area contributed by atoms with Crippen molar-refractivity contribution in [2.24, 2.45) is 0 Å². The number of anilines is 1. The Kier molecular flexibility index (Phi) is 3.03. The molecule has 19 heavy (non-hydrogen) atoms. The van der Waals surface area contributed by atoms with Gasteiger partial charge < -0.3 is 10.1 Å². The first-order chi connectivity index (χ1) is 9.24. The van der Waals surface area contributed by atoms with Gasteiger partial charge in [-0.25, -0.2) is 0 Å². The first-order valence-electron chi connectivity index (χ1n) is 6.68. The molecule has 2 aromatic carbocycles. The van der Waals surface area contributed by atoms with Crippen molar-refractivity contribution < 1.29 is 4.74 Å². The van der Waals surface area contributed by atoms with Crippen molar-refractivity contribution in [3.63, 3.8) is 0 Å². The van der Waals surface area contributed by atoms with Crippen molar-refractivity contribution >= 4 is 5.69 Å². The average molecular weight is 253 g/mol. The van der Waals surface area contributed by atoms with Crippen LogP contribution in [0.2, 0.25) is 0 Å². The largest absolute Gasteiger partial charge is 0.388 e. The van der Waals surface area contributed by atoms with Crippen molar-refractivity contribution in [2.75, 3.05) is 25.6 Å². The van der Waals surface area contributed by atoms with Crippen LogP contribution in [0.4, 0.5) is 5.69 Å². The summed E-state index contributed by atoms with van der Waals surface area (Å²) in [6, 6.07) is 17.5. The Balaban J connectivity index is 2.00. The predicted molar refractivity (Wildman–Crippen MR) is 78.8 cm³/mol. The van der Waals surface area contributed by atoms with Gasteiger partial charge in [0.2, 0.25) is 0 Å². The smallest absolute Gasteiger partial charge is 0.0669 e. The quantitative estimate of drug-likeness (QED) is 0.905. The predicted octanol–water partition coefficient (Wildman–Crippen LogP) is 3.35. The van der Waals surface area contributed by atoms with Crippen molar-refractivity contribution in [3.05, 3.63) is 65.2 Å². The Hall–Kier alpha value is -1.80. The number of hydrogen-bond acceptors (Lipinski definition) is 2. The average Bonchev–Trinajstić information content (AvgIpc) is 2.40. The van der Waals surface area contributed by atoms with Gasteiger partial charge in [-0.1, -0.05) is 42.0 Å². The summed E-state index contributed by atoms with van der Waals surface area (Å²) in [5, 5.41) is 3.16. The maximum atomic E-state index is 5.52. The van der Waals surface area contributed by atoms with Crippen LogP contribution >= 0.6 is 0 Å². The van der Waals surface area contributed by atoms with Crippen LogP contribution in [-0.2, 0) is 10.2 Å². The van der Waals surface area contributed by atoms with Gasteiger partial charge in [-0.3, -0.25) is 0 Å². The van der Waals surface area contributed by atoms with Crippen molar-refractivity contribution in [1.82, 2.24) is 0 Å². The van der Waals surface area contributed by atoms with Crippen LogP contribution in [0.15, 0.2) is 48.5 Å². The third-order valence-corrected chi connectivity index (χ3v) is 4.03. The molecule has 0 aromatic heterocycles. The lowest BCUT2D eigenvalue weighted by atomic mass is 9.73.